The highest BCUT2D eigenvalue weighted by Gasteiger charge is 2.07. The molecule has 0 aromatic rings. The Morgan fingerprint density at radius 3 is 1.58 bits per heavy atom. The van der Waals surface area contributed by atoms with Crippen LogP contribution in [0.2, 0.25) is 0 Å². The van der Waals surface area contributed by atoms with Crippen molar-refractivity contribution in [1.82, 2.24) is 0 Å². The van der Waals surface area contributed by atoms with Crippen molar-refractivity contribution in [3.8, 4) is 0 Å². The molecule has 12 heavy (non-hydrogen) atoms. The van der Waals surface area contributed by atoms with E-state index in [9.17, 15) is 0 Å². The molecule has 0 saturated heterocycles. The van der Waals surface area contributed by atoms with Crippen LogP contribution in [0, 0.1) is 5.92 Å². The summed E-state index contributed by atoms with van der Waals surface area (Å²) in [5, 5.41) is 0. The lowest BCUT2D eigenvalue weighted by Gasteiger charge is -2.15. The van der Waals surface area contributed by atoms with Crippen LogP contribution in [0.1, 0.15) is 57.8 Å². The Hall–Kier alpha value is 0.350. The van der Waals surface area contributed by atoms with E-state index in [0.717, 1.165) is 11.7 Å². The van der Waals surface area contributed by atoms with Gasteiger partial charge in [0.15, 0.2) is 0 Å². The monoisotopic (exact) mass is 186 g/mol. The molecule has 0 nitrogen and oxygen atoms in total. The lowest BCUT2D eigenvalue weighted by Crippen LogP contribution is -2.03. The van der Waals surface area contributed by atoms with Crippen molar-refractivity contribution in [3.05, 3.63) is 0 Å². The SMILES string of the molecule is SCC1CCCCCCCCC1. The maximum Gasteiger partial charge on any atom is -0.00695 e. The number of thiol groups is 1. The molecule has 72 valence electrons. The summed E-state index contributed by atoms with van der Waals surface area (Å²) in [5.74, 6) is 2.03. The van der Waals surface area contributed by atoms with Gasteiger partial charge in [-0.3, -0.25) is 0 Å². The van der Waals surface area contributed by atoms with Crippen LogP contribution in [0.4, 0.5) is 0 Å². The zero-order valence-electron chi connectivity index (χ0n) is 8.10. The number of rotatable bonds is 1. The van der Waals surface area contributed by atoms with Gasteiger partial charge in [-0.05, 0) is 24.5 Å². The Morgan fingerprint density at radius 2 is 1.17 bits per heavy atom. The highest BCUT2D eigenvalue weighted by molar-refractivity contribution is 7.80. The van der Waals surface area contributed by atoms with E-state index in [-0.39, 0.29) is 0 Å². The molecule has 0 unspecified atom stereocenters. The Morgan fingerprint density at radius 1 is 0.750 bits per heavy atom. The fraction of sp³-hybridized carbons (Fsp3) is 1.00. The van der Waals surface area contributed by atoms with Gasteiger partial charge >= 0.3 is 0 Å². The first-order chi connectivity index (χ1) is 5.93. The standard InChI is InChI=1S/C11H22S/c12-10-11-8-6-4-2-1-3-5-7-9-11/h11-12H,1-10H2. The Bertz CT molecular complexity index is 91.2. The normalized spacial score (nSPS) is 23.8. The van der Waals surface area contributed by atoms with Gasteiger partial charge in [-0.25, -0.2) is 0 Å². The van der Waals surface area contributed by atoms with Crippen LogP contribution >= 0.6 is 12.6 Å². The number of hydrogen-bond acceptors (Lipinski definition) is 1. The van der Waals surface area contributed by atoms with Crippen molar-refractivity contribution < 1.29 is 0 Å². The van der Waals surface area contributed by atoms with Crippen LogP contribution in [-0.2, 0) is 0 Å². The van der Waals surface area contributed by atoms with Gasteiger partial charge in [0.05, 0.1) is 0 Å². The molecule has 0 heterocycles. The molecule has 0 N–H and O–H groups in total. The van der Waals surface area contributed by atoms with Crippen LogP contribution in [-0.4, -0.2) is 5.75 Å². The Kier molecular flexibility index (Phi) is 5.93. The first kappa shape index (κ1) is 10.4. The van der Waals surface area contributed by atoms with Crippen molar-refractivity contribution in [3.63, 3.8) is 0 Å². The average Bonchev–Trinajstić information content (AvgIpc) is 2.14. The molecule has 0 spiro atoms. The highest BCUT2D eigenvalue weighted by Crippen LogP contribution is 2.21. The molecule has 1 aliphatic rings. The zero-order chi connectivity index (χ0) is 8.65. The molecule has 0 aromatic heterocycles. The Balaban J connectivity index is 2.17. The lowest BCUT2D eigenvalue weighted by molar-refractivity contribution is 0.420. The van der Waals surface area contributed by atoms with E-state index in [1.807, 2.05) is 0 Å². The topological polar surface area (TPSA) is 0 Å². The van der Waals surface area contributed by atoms with Gasteiger partial charge in [0, 0.05) is 0 Å². The third-order valence-electron chi connectivity index (χ3n) is 2.98. The predicted molar refractivity (Wildman–Crippen MR) is 58.9 cm³/mol. The maximum atomic E-state index is 4.41. The highest BCUT2D eigenvalue weighted by atomic mass is 32.1. The molecular weight excluding hydrogens is 164 g/mol. The second-order valence-electron chi connectivity index (χ2n) is 4.10. The molecule has 0 bridgehead atoms. The molecule has 1 fully saturated rings. The predicted octanol–water partition coefficient (Wildman–Crippen LogP) is 4.06. The largest absolute Gasteiger partial charge is 0.179 e. The summed E-state index contributed by atoms with van der Waals surface area (Å²) in [6.07, 6.45) is 13.1. The molecule has 1 saturated carbocycles. The van der Waals surface area contributed by atoms with Crippen molar-refractivity contribution in [2.24, 2.45) is 5.92 Å². The third-order valence-corrected chi connectivity index (χ3v) is 3.50. The summed E-state index contributed by atoms with van der Waals surface area (Å²) in [5.41, 5.74) is 0. The molecule has 0 aliphatic heterocycles. The molecule has 0 radical (unpaired) electrons. The van der Waals surface area contributed by atoms with Gasteiger partial charge in [0.1, 0.15) is 0 Å². The fourth-order valence-electron chi connectivity index (χ4n) is 2.08. The second-order valence-corrected chi connectivity index (χ2v) is 4.47. The van der Waals surface area contributed by atoms with Crippen LogP contribution in [0.3, 0.4) is 0 Å². The van der Waals surface area contributed by atoms with E-state index in [2.05, 4.69) is 12.6 Å². The Labute approximate surface area is 82.5 Å². The van der Waals surface area contributed by atoms with E-state index in [0.29, 0.717) is 0 Å². The van der Waals surface area contributed by atoms with Gasteiger partial charge in [0.2, 0.25) is 0 Å². The third kappa shape index (κ3) is 4.39. The first-order valence-corrected chi connectivity index (χ1v) is 6.17. The van der Waals surface area contributed by atoms with Crippen molar-refractivity contribution >= 4 is 12.6 Å². The van der Waals surface area contributed by atoms with Gasteiger partial charge in [0.25, 0.3) is 0 Å². The molecule has 0 aromatic carbocycles. The van der Waals surface area contributed by atoms with Crippen LogP contribution in [0.25, 0.3) is 0 Å². The minimum atomic E-state index is 0.923. The summed E-state index contributed by atoms with van der Waals surface area (Å²) >= 11 is 4.41. The van der Waals surface area contributed by atoms with E-state index < -0.39 is 0 Å². The molecule has 1 heteroatoms. The minimum Gasteiger partial charge on any atom is -0.179 e. The molecule has 0 amide bonds. The zero-order valence-corrected chi connectivity index (χ0v) is 8.99. The van der Waals surface area contributed by atoms with Crippen molar-refractivity contribution in [1.29, 1.82) is 0 Å². The van der Waals surface area contributed by atoms with Gasteiger partial charge in [-0.15, -0.1) is 0 Å². The number of hydrogen-bond donors (Lipinski definition) is 1. The smallest absolute Gasteiger partial charge is 0.00695 e. The second kappa shape index (κ2) is 6.82. The van der Waals surface area contributed by atoms with Crippen LogP contribution < -0.4 is 0 Å². The quantitative estimate of drug-likeness (QED) is 0.587. The first-order valence-electron chi connectivity index (χ1n) is 5.54. The van der Waals surface area contributed by atoms with Gasteiger partial charge in [-0.2, -0.15) is 12.6 Å². The van der Waals surface area contributed by atoms with E-state index in [1.165, 1.54) is 57.8 Å². The minimum absolute atomic E-state index is 0.923. The molecule has 1 rings (SSSR count). The summed E-state index contributed by atoms with van der Waals surface area (Å²) in [6, 6.07) is 0. The van der Waals surface area contributed by atoms with E-state index in [1.54, 1.807) is 0 Å². The summed E-state index contributed by atoms with van der Waals surface area (Å²) < 4.78 is 0. The average molecular weight is 186 g/mol. The summed E-state index contributed by atoms with van der Waals surface area (Å²) in [6.45, 7) is 0. The van der Waals surface area contributed by atoms with E-state index >= 15 is 0 Å². The van der Waals surface area contributed by atoms with Crippen LogP contribution in [0.5, 0.6) is 0 Å². The van der Waals surface area contributed by atoms with Crippen LogP contribution in [0.15, 0.2) is 0 Å². The molecule has 1 aliphatic carbocycles. The van der Waals surface area contributed by atoms with E-state index in [4.69, 9.17) is 0 Å². The fourth-order valence-corrected chi connectivity index (χ4v) is 2.44. The molecule has 0 atom stereocenters. The lowest BCUT2D eigenvalue weighted by atomic mass is 9.94. The summed E-state index contributed by atoms with van der Waals surface area (Å²) in [7, 11) is 0. The van der Waals surface area contributed by atoms with Gasteiger partial charge in [-0.1, -0.05) is 44.9 Å². The molecular formula is C11H22S. The van der Waals surface area contributed by atoms with Crippen molar-refractivity contribution in [2.75, 3.05) is 5.75 Å². The summed E-state index contributed by atoms with van der Waals surface area (Å²) in [4.78, 5) is 0. The van der Waals surface area contributed by atoms with Crippen molar-refractivity contribution in [2.45, 2.75) is 57.8 Å². The maximum absolute atomic E-state index is 4.41. The van der Waals surface area contributed by atoms with Gasteiger partial charge < -0.3 is 0 Å².